The molecule has 15 heavy (non-hydrogen) atoms. The van der Waals surface area contributed by atoms with Crippen molar-refractivity contribution < 1.29 is 9.66 Å². The Balaban J connectivity index is 3.18. The topological polar surface area (TPSA) is 52.4 Å². The highest BCUT2D eigenvalue weighted by molar-refractivity contribution is 5.49. The molecule has 79 valence electrons. The Morgan fingerprint density at radius 2 is 2.27 bits per heavy atom. The maximum absolute atomic E-state index is 10.6. The number of nitrogens with zero attached hydrogens (tertiary/aromatic N) is 1. The maximum atomic E-state index is 10.6. The molecule has 4 nitrogen and oxygen atoms in total. The highest BCUT2D eigenvalue weighted by Crippen LogP contribution is 2.30. The third-order valence-electron chi connectivity index (χ3n) is 2.11. The second-order valence-corrected chi connectivity index (χ2v) is 3.03. The SMILES string of the molecule is [CH2]C(C=C)c1ccc([N+](=O)[O-])c(OC)c1. The Kier molecular flexibility index (Phi) is 3.44. The van der Waals surface area contributed by atoms with Crippen LogP contribution in [0.5, 0.6) is 5.75 Å². The minimum Gasteiger partial charge on any atom is -0.490 e. The van der Waals surface area contributed by atoms with Gasteiger partial charge < -0.3 is 4.74 Å². The molecule has 0 heterocycles. The summed E-state index contributed by atoms with van der Waals surface area (Å²) in [7, 11) is 1.40. The first kappa shape index (κ1) is 11.2. The molecule has 0 aliphatic rings. The van der Waals surface area contributed by atoms with E-state index in [0.29, 0.717) is 0 Å². The molecule has 1 unspecified atom stereocenters. The summed E-state index contributed by atoms with van der Waals surface area (Å²) in [6, 6.07) is 4.67. The Labute approximate surface area is 88.3 Å². The summed E-state index contributed by atoms with van der Waals surface area (Å²) in [5.74, 6) is 0.146. The zero-order chi connectivity index (χ0) is 11.4. The van der Waals surface area contributed by atoms with E-state index in [0.717, 1.165) is 5.56 Å². The van der Waals surface area contributed by atoms with Gasteiger partial charge in [-0.1, -0.05) is 12.1 Å². The molecule has 1 rings (SSSR count). The fourth-order valence-electron chi connectivity index (χ4n) is 1.21. The van der Waals surface area contributed by atoms with Gasteiger partial charge in [0.05, 0.1) is 12.0 Å². The number of allylic oxidation sites excluding steroid dienone is 1. The van der Waals surface area contributed by atoms with Crippen molar-refractivity contribution in [3.05, 3.63) is 53.5 Å². The van der Waals surface area contributed by atoms with Crippen LogP contribution in [0.2, 0.25) is 0 Å². The molecular weight excluding hydrogens is 194 g/mol. The number of nitro groups is 1. The minimum absolute atomic E-state index is 0.0440. The summed E-state index contributed by atoms with van der Waals surface area (Å²) in [5, 5.41) is 10.6. The quantitative estimate of drug-likeness (QED) is 0.432. The van der Waals surface area contributed by atoms with E-state index in [-0.39, 0.29) is 17.4 Å². The fraction of sp³-hybridized carbons (Fsp3) is 0.182. The molecule has 0 saturated carbocycles. The number of ether oxygens (including phenoxy) is 1. The van der Waals surface area contributed by atoms with Gasteiger partial charge in [-0.3, -0.25) is 10.1 Å². The van der Waals surface area contributed by atoms with Crippen molar-refractivity contribution in [1.29, 1.82) is 0 Å². The van der Waals surface area contributed by atoms with E-state index in [9.17, 15) is 10.1 Å². The normalized spacial score (nSPS) is 11.9. The van der Waals surface area contributed by atoms with Crippen LogP contribution >= 0.6 is 0 Å². The van der Waals surface area contributed by atoms with Crippen LogP contribution in [0.4, 0.5) is 5.69 Å². The lowest BCUT2D eigenvalue weighted by Gasteiger charge is -2.08. The summed E-state index contributed by atoms with van der Waals surface area (Å²) in [6.45, 7) is 7.45. The van der Waals surface area contributed by atoms with Gasteiger partial charge >= 0.3 is 5.69 Å². The lowest BCUT2D eigenvalue weighted by molar-refractivity contribution is -0.385. The number of nitro benzene ring substituents is 1. The Morgan fingerprint density at radius 1 is 1.60 bits per heavy atom. The van der Waals surface area contributed by atoms with E-state index >= 15 is 0 Å². The van der Waals surface area contributed by atoms with Crippen LogP contribution in [0.1, 0.15) is 11.5 Å². The molecule has 0 N–H and O–H groups in total. The Bertz CT molecular complexity index is 387. The van der Waals surface area contributed by atoms with Gasteiger partial charge in [-0.15, -0.1) is 6.58 Å². The largest absolute Gasteiger partial charge is 0.490 e. The molecule has 1 atom stereocenters. The first-order valence-corrected chi connectivity index (χ1v) is 4.38. The highest BCUT2D eigenvalue weighted by Gasteiger charge is 2.15. The first-order valence-electron chi connectivity index (χ1n) is 4.38. The average molecular weight is 206 g/mol. The van der Waals surface area contributed by atoms with E-state index < -0.39 is 4.92 Å². The molecule has 0 aliphatic heterocycles. The number of rotatable bonds is 4. The molecule has 4 heteroatoms. The molecule has 0 amide bonds. The van der Waals surface area contributed by atoms with Crippen molar-refractivity contribution in [3.8, 4) is 5.75 Å². The second-order valence-electron chi connectivity index (χ2n) is 3.03. The lowest BCUT2D eigenvalue weighted by Crippen LogP contribution is -1.96. The Hall–Kier alpha value is -1.84. The van der Waals surface area contributed by atoms with Crippen LogP contribution in [-0.2, 0) is 0 Å². The summed E-state index contributed by atoms with van der Waals surface area (Å²) >= 11 is 0. The lowest BCUT2D eigenvalue weighted by atomic mass is 10.0. The third kappa shape index (κ3) is 2.34. The molecule has 0 saturated heterocycles. The predicted molar refractivity (Wildman–Crippen MR) is 57.9 cm³/mol. The zero-order valence-electron chi connectivity index (χ0n) is 8.47. The van der Waals surface area contributed by atoms with E-state index in [2.05, 4.69) is 13.5 Å². The molecular formula is C11H12NO3. The van der Waals surface area contributed by atoms with Crippen molar-refractivity contribution >= 4 is 5.69 Å². The van der Waals surface area contributed by atoms with Crippen LogP contribution < -0.4 is 4.74 Å². The average Bonchev–Trinajstić information content (AvgIpc) is 2.26. The van der Waals surface area contributed by atoms with Crippen molar-refractivity contribution in [2.24, 2.45) is 0 Å². The van der Waals surface area contributed by atoms with E-state index in [1.54, 1.807) is 18.2 Å². The number of hydrogen-bond acceptors (Lipinski definition) is 3. The monoisotopic (exact) mass is 206 g/mol. The summed E-state index contributed by atoms with van der Waals surface area (Å²) in [6.07, 6.45) is 1.67. The van der Waals surface area contributed by atoms with Crippen LogP contribution in [0, 0.1) is 17.0 Å². The summed E-state index contributed by atoms with van der Waals surface area (Å²) in [4.78, 5) is 10.1. The van der Waals surface area contributed by atoms with Gasteiger partial charge in [-0.05, 0) is 18.6 Å². The second kappa shape index (κ2) is 4.59. The van der Waals surface area contributed by atoms with Gasteiger partial charge in [0.25, 0.3) is 0 Å². The number of methoxy groups -OCH3 is 1. The van der Waals surface area contributed by atoms with Gasteiger partial charge in [0.2, 0.25) is 0 Å². The summed E-state index contributed by atoms with van der Waals surface area (Å²) < 4.78 is 4.94. The molecule has 1 aromatic rings. The van der Waals surface area contributed by atoms with Gasteiger partial charge in [-0.25, -0.2) is 0 Å². The first-order chi connectivity index (χ1) is 7.10. The van der Waals surface area contributed by atoms with Gasteiger partial charge in [0.1, 0.15) is 0 Å². The van der Waals surface area contributed by atoms with Gasteiger partial charge in [0, 0.05) is 12.0 Å². The third-order valence-corrected chi connectivity index (χ3v) is 2.11. The summed E-state index contributed by atoms with van der Waals surface area (Å²) in [5.41, 5.74) is 0.796. The van der Waals surface area contributed by atoms with E-state index in [1.165, 1.54) is 13.2 Å². The van der Waals surface area contributed by atoms with Crippen LogP contribution in [0.15, 0.2) is 30.9 Å². The van der Waals surface area contributed by atoms with Crippen molar-refractivity contribution in [2.75, 3.05) is 7.11 Å². The van der Waals surface area contributed by atoms with Crippen molar-refractivity contribution in [2.45, 2.75) is 5.92 Å². The molecule has 0 spiro atoms. The predicted octanol–water partition coefficient (Wildman–Crippen LogP) is 2.71. The van der Waals surface area contributed by atoms with Crippen molar-refractivity contribution in [1.82, 2.24) is 0 Å². The van der Waals surface area contributed by atoms with Gasteiger partial charge in [-0.2, -0.15) is 0 Å². The standard InChI is InChI=1S/C11H12NO3/c1-4-8(2)9-5-6-10(12(13)14)11(7-9)15-3/h4-8H,1-2H2,3H3. The molecule has 1 aromatic carbocycles. The van der Waals surface area contributed by atoms with Crippen LogP contribution in [0.3, 0.4) is 0 Å². The molecule has 0 aromatic heterocycles. The molecule has 0 aliphatic carbocycles. The number of hydrogen-bond donors (Lipinski definition) is 0. The molecule has 0 fully saturated rings. The Morgan fingerprint density at radius 3 is 2.73 bits per heavy atom. The molecule has 1 radical (unpaired) electrons. The molecule has 0 bridgehead atoms. The van der Waals surface area contributed by atoms with E-state index in [1.807, 2.05) is 0 Å². The zero-order valence-corrected chi connectivity index (χ0v) is 8.47. The van der Waals surface area contributed by atoms with Crippen LogP contribution in [-0.4, -0.2) is 12.0 Å². The fourth-order valence-corrected chi connectivity index (χ4v) is 1.21. The van der Waals surface area contributed by atoms with E-state index in [4.69, 9.17) is 4.74 Å². The smallest absolute Gasteiger partial charge is 0.310 e. The van der Waals surface area contributed by atoms with Crippen molar-refractivity contribution in [3.63, 3.8) is 0 Å². The number of benzene rings is 1. The van der Waals surface area contributed by atoms with Crippen LogP contribution in [0.25, 0.3) is 0 Å². The van der Waals surface area contributed by atoms with Gasteiger partial charge in [0.15, 0.2) is 5.75 Å². The maximum Gasteiger partial charge on any atom is 0.310 e. The minimum atomic E-state index is -0.478. The highest BCUT2D eigenvalue weighted by atomic mass is 16.6.